The predicted octanol–water partition coefficient (Wildman–Crippen LogP) is 2.65. The standard InChI is InChI=1S/C14H9BrN4O/c15-10-5-16-14-18-12(7-19(14)6-10)8-1-2-11-9(3-8)4-13(20)17-11/h1-3,5-7H,4H2,(H,17,20). The van der Waals surface area contributed by atoms with E-state index >= 15 is 0 Å². The maximum Gasteiger partial charge on any atom is 0.234 e. The van der Waals surface area contributed by atoms with E-state index in [1.165, 1.54) is 0 Å². The van der Waals surface area contributed by atoms with Gasteiger partial charge in [0.15, 0.2) is 0 Å². The number of imidazole rings is 1. The van der Waals surface area contributed by atoms with Crippen LogP contribution in [-0.2, 0) is 11.2 Å². The molecule has 0 saturated heterocycles. The molecule has 1 aliphatic rings. The Morgan fingerprint density at radius 2 is 2.20 bits per heavy atom. The van der Waals surface area contributed by atoms with Gasteiger partial charge in [0.2, 0.25) is 11.7 Å². The van der Waals surface area contributed by atoms with Crippen molar-refractivity contribution in [3.8, 4) is 11.3 Å². The molecule has 5 nitrogen and oxygen atoms in total. The van der Waals surface area contributed by atoms with E-state index in [0.717, 1.165) is 27.0 Å². The molecular weight excluding hydrogens is 320 g/mol. The Balaban J connectivity index is 1.83. The molecule has 3 aromatic rings. The number of hydrogen-bond acceptors (Lipinski definition) is 3. The van der Waals surface area contributed by atoms with Gasteiger partial charge in [-0.15, -0.1) is 0 Å². The average molecular weight is 329 g/mol. The van der Waals surface area contributed by atoms with E-state index in [1.807, 2.05) is 35.0 Å². The first-order valence-electron chi connectivity index (χ1n) is 6.12. The molecule has 3 heterocycles. The van der Waals surface area contributed by atoms with Crippen LogP contribution in [0.4, 0.5) is 5.69 Å². The highest BCUT2D eigenvalue weighted by molar-refractivity contribution is 9.10. The number of halogens is 1. The van der Waals surface area contributed by atoms with Crippen molar-refractivity contribution >= 4 is 33.3 Å². The van der Waals surface area contributed by atoms with E-state index in [4.69, 9.17) is 0 Å². The highest BCUT2D eigenvalue weighted by Crippen LogP contribution is 2.28. The van der Waals surface area contributed by atoms with Crippen LogP contribution in [0.5, 0.6) is 0 Å². The second kappa shape index (κ2) is 4.14. The minimum absolute atomic E-state index is 0.0396. The summed E-state index contributed by atoms with van der Waals surface area (Å²) in [4.78, 5) is 20.1. The number of aromatic nitrogens is 3. The molecule has 1 aromatic carbocycles. The Kier molecular flexibility index (Phi) is 2.40. The number of anilines is 1. The molecule has 6 heteroatoms. The van der Waals surface area contributed by atoms with Gasteiger partial charge in [0.25, 0.3) is 0 Å². The maximum atomic E-state index is 11.4. The minimum Gasteiger partial charge on any atom is -0.326 e. The van der Waals surface area contributed by atoms with Crippen LogP contribution in [0.25, 0.3) is 17.0 Å². The minimum atomic E-state index is 0.0396. The number of nitrogens with one attached hydrogen (secondary N) is 1. The molecule has 1 aliphatic heterocycles. The molecule has 2 aromatic heterocycles. The number of hydrogen-bond donors (Lipinski definition) is 1. The molecule has 0 fully saturated rings. The Labute approximate surface area is 122 Å². The molecule has 20 heavy (non-hydrogen) atoms. The van der Waals surface area contributed by atoms with E-state index in [0.29, 0.717) is 12.2 Å². The van der Waals surface area contributed by atoms with Crippen LogP contribution >= 0.6 is 15.9 Å². The maximum absolute atomic E-state index is 11.4. The third kappa shape index (κ3) is 1.80. The van der Waals surface area contributed by atoms with Crippen molar-refractivity contribution in [1.29, 1.82) is 0 Å². The SMILES string of the molecule is O=C1Cc2cc(-c3cn4cc(Br)cnc4n3)ccc2N1. The number of carbonyl (C=O) groups excluding carboxylic acids is 1. The van der Waals surface area contributed by atoms with Crippen LogP contribution < -0.4 is 5.32 Å². The van der Waals surface area contributed by atoms with Crippen molar-refractivity contribution in [2.45, 2.75) is 6.42 Å². The van der Waals surface area contributed by atoms with Crippen molar-refractivity contribution < 1.29 is 4.79 Å². The largest absolute Gasteiger partial charge is 0.326 e. The van der Waals surface area contributed by atoms with E-state index < -0.39 is 0 Å². The Hall–Kier alpha value is -2.21. The van der Waals surface area contributed by atoms with E-state index in [2.05, 4.69) is 31.2 Å². The number of nitrogens with zero attached hydrogens (tertiary/aromatic N) is 3. The summed E-state index contributed by atoms with van der Waals surface area (Å²) in [6.45, 7) is 0. The molecule has 0 unspecified atom stereocenters. The van der Waals surface area contributed by atoms with Gasteiger partial charge in [-0.3, -0.25) is 9.20 Å². The van der Waals surface area contributed by atoms with Crippen molar-refractivity contribution in [2.75, 3.05) is 5.32 Å². The van der Waals surface area contributed by atoms with Gasteiger partial charge in [-0.2, -0.15) is 0 Å². The lowest BCUT2D eigenvalue weighted by Gasteiger charge is -2.00. The van der Waals surface area contributed by atoms with E-state index in [9.17, 15) is 4.79 Å². The molecule has 1 N–H and O–H groups in total. The molecular formula is C14H9BrN4O. The second-order valence-electron chi connectivity index (χ2n) is 4.70. The number of rotatable bonds is 1. The van der Waals surface area contributed by atoms with E-state index in [-0.39, 0.29) is 5.91 Å². The average Bonchev–Trinajstić information content (AvgIpc) is 2.99. The molecule has 0 atom stereocenters. The highest BCUT2D eigenvalue weighted by atomic mass is 79.9. The summed E-state index contributed by atoms with van der Waals surface area (Å²) in [7, 11) is 0. The summed E-state index contributed by atoms with van der Waals surface area (Å²) in [6.07, 6.45) is 5.99. The van der Waals surface area contributed by atoms with Crippen molar-refractivity contribution in [3.05, 3.63) is 46.8 Å². The monoisotopic (exact) mass is 328 g/mol. The van der Waals surface area contributed by atoms with Gasteiger partial charge in [0, 0.05) is 29.8 Å². The van der Waals surface area contributed by atoms with Gasteiger partial charge in [-0.25, -0.2) is 9.97 Å². The summed E-state index contributed by atoms with van der Waals surface area (Å²) < 4.78 is 2.77. The molecule has 0 saturated carbocycles. The predicted molar refractivity (Wildman–Crippen MR) is 78.5 cm³/mol. The third-order valence-electron chi connectivity index (χ3n) is 3.30. The highest BCUT2D eigenvalue weighted by Gasteiger charge is 2.18. The Morgan fingerprint density at radius 1 is 1.30 bits per heavy atom. The van der Waals surface area contributed by atoms with Gasteiger partial charge >= 0.3 is 0 Å². The first-order valence-corrected chi connectivity index (χ1v) is 6.92. The van der Waals surface area contributed by atoms with Gasteiger partial charge in [-0.1, -0.05) is 6.07 Å². The van der Waals surface area contributed by atoms with Gasteiger partial charge in [0.1, 0.15) is 0 Å². The number of amides is 1. The summed E-state index contributed by atoms with van der Waals surface area (Å²) in [5, 5.41) is 2.83. The molecule has 98 valence electrons. The summed E-state index contributed by atoms with van der Waals surface area (Å²) in [5.41, 5.74) is 3.74. The number of benzene rings is 1. The number of carbonyl (C=O) groups is 1. The fraction of sp³-hybridized carbons (Fsp3) is 0.0714. The molecule has 0 aliphatic carbocycles. The Bertz CT molecular complexity index is 856. The topological polar surface area (TPSA) is 59.3 Å². The third-order valence-corrected chi connectivity index (χ3v) is 3.71. The van der Waals surface area contributed by atoms with Crippen LogP contribution in [-0.4, -0.2) is 20.3 Å². The first kappa shape index (κ1) is 11.6. The van der Waals surface area contributed by atoms with Crippen molar-refractivity contribution in [2.24, 2.45) is 0 Å². The summed E-state index contributed by atoms with van der Waals surface area (Å²) in [6, 6.07) is 5.88. The van der Waals surface area contributed by atoms with Crippen molar-refractivity contribution in [3.63, 3.8) is 0 Å². The molecule has 0 bridgehead atoms. The second-order valence-corrected chi connectivity index (χ2v) is 5.62. The zero-order valence-corrected chi connectivity index (χ0v) is 11.9. The van der Waals surface area contributed by atoms with Crippen molar-refractivity contribution in [1.82, 2.24) is 14.4 Å². The van der Waals surface area contributed by atoms with Gasteiger partial charge < -0.3 is 5.32 Å². The van der Waals surface area contributed by atoms with Crippen LogP contribution in [0, 0.1) is 0 Å². The van der Waals surface area contributed by atoms with Gasteiger partial charge in [-0.05, 0) is 33.6 Å². The normalized spacial score (nSPS) is 13.6. The molecule has 4 rings (SSSR count). The first-order chi connectivity index (χ1) is 9.69. The zero-order chi connectivity index (χ0) is 13.7. The lowest BCUT2D eigenvalue weighted by Crippen LogP contribution is -2.03. The molecule has 1 amide bonds. The smallest absolute Gasteiger partial charge is 0.234 e. The van der Waals surface area contributed by atoms with Crippen LogP contribution in [0.1, 0.15) is 5.56 Å². The van der Waals surface area contributed by atoms with Crippen LogP contribution in [0.2, 0.25) is 0 Å². The lowest BCUT2D eigenvalue weighted by molar-refractivity contribution is -0.115. The summed E-state index contributed by atoms with van der Waals surface area (Å²) >= 11 is 3.39. The van der Waals surface area contributed by atoms with Crippen LogP contribution in [0.15, 0.2) is 41.3 Å². The molecule has 0 spiro atoms. The van der Waals surface area contributed by atoms with Crippen LogP contribution in [0.3, 0.4) is 0 Å². The summed E-state index contributed by atoms with van der Waals surface area (Å²) in [5.74, 6) is 0.690. The van der Waals surface area contributed by atoms with Gasteiger partial charge in [0.05, 0.1) is 16.6 Å². The van der Waals surface area contributed by atoms with E-state index in [1.54, 1.807) is 6.20 Å². The fourth-order valence-electron chi connectivity index (χ4n) is 2.39. The quantitative estimate of drug-likeness (QED) is 0.747. The fourth-order valence-corrected chi connectivity index (χ4v) is 2.71. The number of fused-ring (bicyclic) bond motifs is 2. The zero-order valence-electron chi connectivity index (χ0n) is 10.3. The lowest BCUT2D eigenvalue weighted by atomic mass is 10.1. The molecule has 0 radical (unpaired) electrons. The Morgan fingerprint density at radius 3 is 3.10 bits per heavy atom.